The predicted octanol–water partition coefficient (Wildman–Crippen LogP) is 0.541. The van der Waals surface area contributed by atoms with Crippen LogP contribution in [0.2, 0.25) is 0 Å². The topological polar surface area (TPSA) is 88.4 Å². The molecule has 0 spiro atoms. The average molecular weight is 289 g/mol. The first kappa shape index (κ1) is 13.2. The van der Waals surface area contributed by atoms with Crippen molar-refractivity contribution in [3.63, 3.8) is 0 Å². The fourth-order valence-corrected chi connectivity index (χ4v) is 2.07. The van der Waals surface area contributed by atoms with Crippen LogP contribution in [0.4, 0.5) is 10.2 Å². The number of carbonyl (C=O) groups is 2. The maximum atomic E-state index is 12.2. The molecule has 1 aliphatic heterocycles. The van der Waals surface area contributed by atoms with E-state index in [0.29, 0.717) is 22.6 Å². The van der Waals surface area contributed by atoms with Gasteiger partial charge in [-0.2, -0.15) is 5.10 Å². The van der Waals surface area contributed by atoms with Crippen molar-refractivity contribution < 1.29 is 14.0 Å². The van der Waals surface area contributed by atoms with Gasteiger partial charge in [0.2, 0.25) is 5.91 Å². The van der Waals surface area contributed by atoms with Crippen LogP contribution in [0.5, 0.6) is 0 Å². The lowest BCUT2D eigenvalue weighted by Gasteiger charge is -2.03. The highest BCUT2D eigenvalue weighted by Crippen LogP contribution is 2.18. The van der Waals surface area contributed by atoms with Crippen molar-refractivity contribution in [1.29, 1.82) is 0 Å². The number of rotatable bonds is 4. The van der Waals surface area contributed by atoms with Gasteiger partial charge in [0.25, 0.3) is 5.91 Å². The molecule has 3 heterocycles. The lowest BCUT2D eigenvalue weighted by molar-refractivity contribution is -0.124. The number of carbonyl (C=O) groups excluding carboxylic acids is 2. The molecule has 0 aromatic carbocycles. The van der Waals surface area contributed by atoms with E-state index >= 15 is 0 Å². The van der Waals surface area contributed by atoms with Crippen molar-refractivity contribution >= 4 is 29.4 Å². The molecule has 21 heavy (non-hydrogen) atoms. The van der Waals surface area contributed by atoms with Crippen LogP contribution in [0.25, 0.3) is 11.7 Å². The van der Waals surface area contributed by atoms with Crippen LogP contribution in [0, 0.1) is 0 Å². The summed E-state index contributed by atoms with van der Waals surface area (Å²) in [6, 6.07) is 1.68. The SMILES string of the molecule is O=C1C/C(=C\c2cnn3ccc(NCCF)nc23)C(=O)N1. The van der Waals surface area contributed by atoms with E-state index in [9.17, 15) is 14.0 Å². The van der Waals surface area contributed by atoms with Crippen molar-refractivity contribution in [2.45, 2.75) is 6.42 Å². The molecule has 1 saturated heterocycles. The summed E-state index contributed by atoms with van der Waals surface area (Å²) in [5, 5.41) is 9.17. The largest absolute Gasteiger partial charge is 0.367 e. The Balaban J connectivity index is 1.97. The van der Waals surface area contributed by atoms with Crippen LogP contribution in [-0.2, 0) is 9.59 Å². The van der Waals surface area contributed by atoms with Gasteiger partial charge < -0.3 is 5.32 Å². The number of hydrogen-bond donors (Lipinski definition) is 2. The number of anilines is 1. The molecule has 2 aromatic rings. The summed E-state index contributed by atoms with van der Waals surface area (Å²) in [6.45, 7) is -0.323. The predicted molar refractivity (Wildman–Crippen MR) is 73.2 cm³/mol. The molecule has 8 heteroatoms. The molecule has 2 amide bonds. The standard InChI is InChI=1S/C13H12FN5O2/c14-2-3-15-10-1-4-19-12(17-10)9(7-16-19)5-8-6-11(20)18-13(8)21/h1,4-5,7H,2-3,6H2,(H,15,17)(H,18,20,21)/b8-5+. The molecule has 2 N–H and O–H groups in total. The second-order valence-electron chi connectivity index (χ2n) is 4.52. The van der Waals surface area contributed by atoms with Gasteiger partial charge in [0.05, 0.1) is 12.6 Å². The quantitative estimate of drug-likeness (QED) is 0.633. The summed E-state index contributed by atoms with van der Waals surface area (Å²) in [7, 11) is 0. The van der Waals surface area contributed by atoms with E-state index in [0.717, 1.165) is 0 Å². The Morgan fingerprint density at radius 2 is 2.33 bits per heavy atom. The van der Waals surface area contributed by atoms with E-state index in [4.69, 9.17) is 0 Å². The molecule has 0 radical (unpaired) electrons. The Morgan fingerprint density at radius 3 is 3.05 bits per heavy atom. The van der Waals surface area contributed by atoms with Crippen LogP contribution in [0.15, 0.2) is 24.0 Å². The van der Waals surface area contributed by atoms with Gasteiger partial charge in [-0.25, -0.2) is 13.9 Å². The minimum Gasteiger partial charge on any atom is -0.367 e. The summed E-state index contributed by atoms with van der Waals surface area (Å²) in [5.74, 6) is -0.195. The minimum absolute atomic E-state index is 0.0516. The highest BCUT2D eigenvalue weighted by molar-refractivity contribution is 6.15. The number of halogens is 1. The van der Waals surface area contributed by atoms with Crippen LogP contribution in [0.3, 0.4) is 0 Å². The number of hydrogen-bond acceptors (Lipinski definition) is 5. The van der Waals surface area contributed by atoms with Gasteiger partial charge in [0, 0.05) is 23.9 Å². The van der Waals surface area contributed by atoms with Crippen molar-refractivity contribution in [3.8, 4) is 0 Å². The number of alkyl halides is 1. The van der Waals surface area contributed by atoms with Crippen molar-refractivity contribution in [3.05, 3.63) is 29.6 Å². The third-order valence-electron chi connectivity index (χ3n) is 3.02. The van der Waals surface area contributed by atoms with Gasteiger partial charge in [-0.15, -0.1) is 0 Å². The smallest absolute Gasteiger partial charge is 0.254 e. The number of aromatic nitrogens is 3. The van der Waals surface area contributed by atoms with Gasteiger partial charge in [-0.05, 0) is 12.1 Å². The molecular weight excluding hydrogens is 277 g/mol. The lowest BCUT2D eigenvalue weighted by atomic mass is 10.1. The second kappa shape index (κ2) is 5.31. The van der Waals surface area contributed by atoms with Gasteiger partial charge in [-0.1, -0.05) is 0 Å². The van der Waals surface area contributed by atoms with E-state index in [1.807, 2.05) is 0 Å². The molecule has 0 aliphatic carbocycles. The number of imide groups is 1. The van der Waals surface area contributed by atoms with Crippen LogP contribution in [-0.4, -0.2) is 39.6 Å². The number of fused-ring (bicyclic) bond motifs is 1. The maximum absolute atomic E-state index is 12.2. The Bertz CT molecular complexity index is 752. The Kier molecular flexibility index (Phi) is 3.35. The molecule has 0 unspecified atom stereocenters. The third kappa shape index (κ3) is 2.60. The molecule has 3 rings (SSSR count). The summed E-state index contributed by atoms with van der Waals surface area (Å²) in [4.78, 5) is 27.0. The monoisotopic (exact) mass is 289 g/mol. The summed E-state index contributed by atoms with van der Waals surface area (Å²) in [5.41, 5.74) is 1.52. The first-order chi connectivity index (χ1) is 10.2. The fourth-order valence-electron chi connectivity index (χ4n) is 2.07. The Morgan fingerprint density at radius 1 is 1.48 bits per heavy atom. The van der Waals surface area contributed by atoms with Crippen LogP contribution in [0.1, 0.15) is 12.0 Å². The second-order valence-corrected chi connectivity index (χ2v) is 4.52. The van der Waals surface area contributed by atoms with Gasteiger partial charge in [-0.3, -0.25) is 14.9 Å². The van der Waals surface area contributed by atoms with Gasteiger partial charge in [0.15, 0.2) is 5.65 Å². The third-order valence-corrected chi connectivity index (χ3v) is 3.02. The molecular formula is C13H12FN5O2. The Labute approximate surface area is 118 Å². The zero-order chi connectivity index (χ0) is 14.8. The zero-order valence-electron chi connectivity index (χ0n) is 11.0. The maximum Gasteiger partial charge on any atom is 0.254 e. The highest BCUT2D eigenvalue weighted by Gasteiger charge is 2.24. The minimum atomic E-state index is -0.495. The van der Waals surface area contributed by atoms with Crippen LogP contribution < -0.4 is 10.6 Å². The lowest BCUT2D eigenvalue weighted by Crippen LogP contribution is -2.19. The summed E-state index contributed by atoms with van der Waals surface area (Å²) in [6.07, 6.45) is 4.89. The van der Waals surface area contributed by atoms with E-state index in [-0.39, 0.29) is 18.9 Å². The summed E-state index contributed by atoms with van der Waals surface area (Å²) < 4.78 is 13.7. The molecule has 7 nitrogen and oxygen atoms in total. The Hall–Kier alpha value is -2.77. The number of nitrogens with one attached hydrogen (secondary N) is 2. The van der Waals surface area contributed by atoms with Crippen LogP contribution >= 0.6 is 0 Å². The van der Waals surface area contributed by atoms with E-state index in [1.165, 1.54) is 0 Å². The molecule has 108 valence electrons. The average Bonchev–Trinajstić information content (AvgIpc) is 3.00. The van der Waals surface area contributed by atoms with Crippen molar-refractivity contribution in [2.75, 3.05) is 18.5 Å². The van der Waals surface area contributed by atoms with E-state index in [2.05, 4.69) is 20.7 Å². The first-order valence-electron chi connectivity index (χ1n) is 6.36. The molecule has 0 saturated carbocycles. The molecule has 0 bridgehead atoms. The summed E-state index contributed by atoms with van der Waals surface area (Å²) >= 11 is 0. The van der Waals surface area contributed by atoms with Gasteiger partial charge in [0.1, 0.15) is 12.5 Å². The van der Waals surface area contributed by atoms with Crippen molar-refractivity contribution in [1.82, 2.24) is 19.9 Å². The number of amides is 2. The first-order valence-corrected chi connectivity index (χ1v) is 6.36. The van der Waals surface area contributed by atoms with E-state index in [1.54, 1.807) is 29.1 Å². The highest BCUT2D eigenvalue weighted by atomic mass is 19.1. The number of nitrogens with zero attached hydrogens (tertiary/aromatic N) is 3. The normalized spacial score (nSPS) is 16.7. The van der Waals surface area contributed by atoms with Gasteiger partial charge >= 0.3 is 0 Å². The van der Waals surface area contributed by atoms with Crippen molar-refractivity contribution in [2.24, 2.45) is 0 Å². The molecule has 2 aromatic heterocycles. The molecule has 0 atom stereocenters. The zero-order valence-corrected chi connectivity index (χ0v) is 11.0. The molecule has 1 fully saturated rings. The fraction of sp³-hybridized carbons (Fsp3) is 0.231. The van der Waals surface area contributed by atoms with E-state index < -0.39 is 12.6 Å². The molecule has 1 aliphatic rings.